The van der Waals surface area contributed by atoms with Gasteiger partial charge in [0, 0.05) is 16.6 Å². The number of hydrogen-bond acceptors (Lipinski definition) is 3. The lowest BCUT2D eigenvalue weighted by molar-refractivity contribution is -0.111. The van der Waals surface area contributed by atoms with Gasteiger partial charge in [-0.05, 0) is 30.3 Å². The van der Waals surface area contributed by atoms with Crippen molar-refractivity contribution in [2.24, 2.45) is 0 Å². The van der Waals surface area contributed by atoms with Crippen molar-refractivity contribution in [2.45, 2.75) is 0 Å². The molecule has 1 amide bonds. The van der Waals surface area contributed by atoms with E-state index in [1.807, 2.05) is 24.3 Å². The molecule has 0 atom stereocenters. The second-order valence-corrected chi connectivity index (χ2v) is 4.92. The largest absolute Gasteiger partial charge is 0.478 e. The molecule has 1 heterocycles. The Labute approximate surface area is 131 Å². The summed E-state index contributed by atoms with van der Waals surface area (Å²) in [5.41, 5.74) is 2.50. The van der Waals surface area contributed by atoms with Crippen LogP contribution < -0.4 is 5.32 Å². The molecule has 0 bridgehead atoms. The Bertz CT molecular complexity index is 928. The molecule has 0 aliphatic carbocycles. The van der Waals surface area contributed by atoms with E-state index in [4.69, 9.17) is 0 Å². The van der Waals surface area contributed by atoms with E-state index in [0.717, 1.165) is 17.0 Å². The minimum Gasteiger partial charge on any atom is -0.478 e. The minimum atomic E-state index is -1.08. The number of fused-ring (bicyclic) bond motifs is 1. The number of benzene rings is 2. The van der Waals surface area contributed by atoms with Gasteiger partial charge in [0.2, 0.25) is 5.91 Å². The molecule has 0 aliphatic rings. The predicted octanol–water partition coefficient (Wildman–Crippen LogP) is 3.05. The molecule has 3 rings (SSSR count). The summed E-state index contributed by atoms with van der Waals surface area (Å²) in [6.07, 6.45) is 1.12. The van der Waals surface area contributed by atoms with Crippen LogP contribution in [0.25, 0.3) is 22.2 Å². The fourth-order valence-corrected chi connectivity index (χ4v) is 2.34. The van der Waals surface area contributed by atoms with Crippen molar-refractivity contribution in [1.82, 2.24) is 10.2 Å². The summed E-state index contributed by atoms with van der Waals surface area (Å²) in [6, 6.07) is 12.1. The molecule has 0 fully saturated rings. The molecule has 2 aromatic carbocycles. The number of H-pyrrole nitrogens is 1. The average molecular weight is 307 g/mol. The Balaban J connectivity index is 2.16. The van der Waals surface area contributed by atoms with Crippen molar-refractivity contribution < 1.29 is 14.7 Å². The molecule has 1 aromatic heterocycles. The number of anilines is 1. The van der Waals surface area contributed by atoms with Crippen LogP contribution in [0.2, 0.25) is 0 Å². The average Bonchev–Trinajstić information content (AvgIpc) is 2.98. The fourth-order valence-electron chi connectivity index (χ4n) is 2.34. The first-order valence-electron chi connectivity index (χ1n) is 6.84. The van der Waals surface area contributed by atoms with E-state index in [1.165, 1.54) is 12.1 Å². The van der Waals surface area contributed by atoms with E-state index in [-0.39, 0.29) is 5.56 Å². The standard InChI is InChI=1S/C17H13N3O3/c1-2-15(21)18-12-8-10(7-11(9-12)17(22)23)16-13-5-3-4-6-14(13)19-20-16/h2-9H,1H2,(H,18,21)(H,19,20)(H,22,23). The maximum absolute atomic E-state index is 11.5. The molecule has 0 unspecified atom stereocenters. The van der Waals surface area contributed by atoms with E-state index in [2.05, 4.69) is 22.1 Å². The van der Waals surface area contributed by atoms with Gasteiger partial charge in [0.1, 0.15) is 0 Å². The number of nitrogens with one attached hydrogen (secondary N) is 2. The van der Waals surface area contributed by atoms with Crippen molar-refractivity contribution in [3.63, 3.8) is 0 Å². The normalized spacial score (nSPS) is 10.4. The Morgan fingerprint density at radius 2 is 2.00 bits per heavy atom. The highest BCUT2D eigenvalue weighted by Gasteiger charge is 2.13. The van der Waals surface area contributed by atoms with Crippen LogP contribution in [0.4, 0.5) is 5.69 Å². The van der Waals surface area contributed by atoms with E-state index < -0.39 is 11.9 Å². The Morgan fingerprint density at radius 1 is 1.22 bits per heavy atom. The van der Waals surface area contributed by atoms with E-state index >= 15 is 0 Å². The minimum absolute atomic E-state index is 0.0638. The molecule has 3 aromatic rings. The van der Waals surface area contributed by atoms with Crippen LogP contribution >= 0.6 is 0 Å². The molecule has 0 saturated heterocycles. The third-order valence-corrected chi connectivity index (χ3v) is 3.38. The van der Waals surface area contributed by atoms with Gasteiger partial charge in [0.15, 0.2) is 0 Å². The zero-order valence-electron chi connectivity index (χ0n) is 12.0. The number of aromatic nitrogens is 2. The van der Waals surface area contributed by atoms with Gasteiger partial charge < -0.3 is 10.4 Å². The molecule has 0 saturated carbocycles. The molecular formula is C17H13N3O3. The lowest BCUT2D eigenvalue weighted by Gasteiger charge is -2.07. The first kappa shape index (κ1) is 14.5. The van der Waals surface area contributed by atoms with E-state index in [1.54, 1.807) is 6.07 Å². The van der Waals surface area contributed by atoms with Gasteiger partial charge in [-0.3, -0.25) is 9.89 Å². The number of nitrogens with zero attached hydrogens (tertiary/aromatic N) is 1. The SMILES string of the molecule is C=CC(=O)Nc1cc(C(=O)O)cc(-c2n[nH]c3ccccc23)c1. The summed E-state index contributed by atoms with van der Waals surface area (Å²) in [7, 11) is 0. The number of aromatic amines is 1. The lowest BCUT2D eigenvalue weighted by atomic mass is 10.0. The number of rotatable bonds is 4. The topological polar surface area (TPSA) is 95.1 Å². The van der Waals surface area contributed by atoms with Crippen molar-refractivity contribution in [3.05, 3.63) is 60.7 Å². The van der Waals surface area contributed by atoms with Crippen LogP contribution in [0.3, 0.4) is 0 Å². The van der Waals surface area contributed by atoms with Crippen LogP contribution in [0, 0.1) is 0 Å². The number of carboxylic acids is 1. The number of carboxylic acid groups (broad SMARTS) is 1. The third kappa shape index (κ3) is 2.82. The third-order valence-electron chi connectivity index (χ3n) is 3.38. The van der Waals surface area contributed by atoms with Crippen LogP contribution in [-0.4, -0.2) is 27.2 Å². The van der Waals surface area contributed by atoms with Crippen molar-refractivity contribution >= 4 is 28.5 Å². The van der Waals surface area contributed by atoms with Gasteiger partial charge in [0.05, 0.1) is 16.8 Å². The summed E-state index contributed by atoms with van der Waals surface area (Å²) in [5, 5.41) is 19.9. The van der Waals surface area contributed by atoms with Crippen molar-refractivity contribution in [2.75, 3.05) is 5.32 Å². The van der Waals surface area contributed by atoms with Crippen molar-refractivity contribution in [1.29, 1.82) is 0 Å². The number of hydrogen-bond donors (Lipinski definition) is 3. The number of amides is 1. The van der Waals surface area contributed by atoms with Crippen molar-refractivity contribution in [3.8, 4) is 11.3 Å². The van der Waals surface area contributed by atoms with Gasteiger partial charge in [-0.1, -0.05) is 24.8 Å². The van der Waals surface area contributed by atoms with Gasteiger partial charge in [-0.25, -0.2) is 4.79 Å². The summed E-state index contributed by atoms with van der Waals surface area (Å²) in [4.78, 5) is 22.8. The molecule has 114 valence electrons. The first-order valence-corrected chi connectivity index (χ1v) is 6.84. The summed E-state index contributed by atoms with van der Waals surface area (Å²) >= 11 is 0. The maximum atomic E-state index is 11.5. The monoisotopic (exact) mass is 307 g/mol. The molecule has 6 heteroatoms. The smallest absolute Gasteiger partial charge is 0.335 e. The second kappa shape index (κ2) is 5.76. The highest BCUT2D eigenvalue weighted by molar-refractivity contribution is 6.02. The zero-order chi connectivity index (χ0) is 16.4. The Hall–Kier alpha value is -3.41. The van der Waals surface area contributed by atoms with E-state index in [9.17, 15) is 14.7 Å². The molecule has 23 heavy (non-hydrogen) atoms. The molecule has 6 nitrogen and oxygen atoms in total. The van der Waals surface area contributed by atoms with Crippen LogP contribution in [0.1, 0.15) is 10.4 Å². The zero-order valence-corrected chi connectivity index (χ0v) is 12.0. The Morgan fingerprint density at radius 3 is 2.74 bits per heavy atom. The molecular weight excluding hydrogens is 294 g/mol. The maximum Gasteiger partial charge on any atom is 0.335 e. The van der Waals surface area contributed by atoms with Crippen LogP contribution in [0.5, 0.6) is 0 Å². The quantitative estimate of drug-likeness (QED) is 0.646. The number of carbonyl (C=O) groups is 2. The number of aromatic carboxylic acids is 1. The highest BCUT2D eigenvalue weighted by atomic mass is 16.4. The number of carbonyl (C=O) groups excluding carboxylic acids is 1. The molecule has 3 N–H and O–H groups in total. The summed E-state index contributed by atoms with van der Waals surface area (Å²) in [6.45, 7) is 3.38. The number of para-hydroxylation sites is 1. The lowest BCUT2D eigenvalue weighted by Crippen LogP contribution is -2.08. The van der Waals surface area contributed by atoms with Gasteiger partial charge in [-0.2, -0.15) is 5.10 Å². The molecule has 0 aliphatic heterocycles. The first-order chi connectivity index (χ1) is 11.1. The van der Waals surface area contributed by atoms with E-state index in [0.29, 0.717) is 16.9 Å². The molecule has 0 spiro atoms. The predicted molar refractivity (Wildman–Crippen MR) is 87.3 cm³/mol. The molecule has 0 radical (unpaired) electrons. The summed E-state index contributed by atoms with van der Waals surface area (Å²) in [5.74, 6) is -1.49. The van der Waals surface area contributed by atoms with Gasteiger partial charge in [0.25, 0.3) is 0 Å². The summed E-state index contributed by atoms with van der Waals surface area (Å²) < 4.78 is 0. The van der Waals surface area contributed by atoms with Gasteiger partial charge in [-0.15, -0.1) is 0 Å². The van der Waals surface area contributed by atoms with Crippen LogP contribution in [0.15, 0.2) is 55.1 Å². The second-order valence-electron chi connectivity index (χ2n) is 4.92. The Kier molecular flexibility index (Phi) is 3.64. The van der Waals surface area contributed by atoms with Gasteiger partial charge >= 0.3 is 5.97 Å². The highest BCUT2D eigenvalue weighted by Crippen LogP contribution is 2.29. The fraction of sp³-hybridized carbons (Fsp3) is 0. The van der Waals surface area contributed by atoms with Crippen LogP contribution in [-0.2, 0) is 4.79 Å².